The third-order valence-electron chi connectivity index (χ3n) is 6.22. The van der Waals surface area contributed by atoms with Crippen molar-refractivity contribution in [3.63, 3.8) is 0 Å². The zero-order valence-electron chi connectivity index (χ0n) is 24.0. The van der Waals surface area contributed by atoms with E-state index in [1.54, 1.807) is 25.6 Å². The summed E-state index contributed by atoms with van der Waals surface area (Å²) in [5.41, 5.74) is 4.47. The van der Waals surface area contributed by atoms with Gasteiger partial charge in [0.2, 0.25) is 17.7 Å². The third-order valence-corrected chi connectivity index (χ3v) is 6.22. The van der Waals surface area contributed by atoms with E-state index in [-0.39, 0.29) is 5.91 Å². The molecule has 2 heterocycles. The average Bonchev–Trinajstić information content (AvgIpc) is 2.96. The van der Waals surface area contributed by atoms with Gasteiger partial charge in [-0.3, -0.25) is 4.79 Å². The van der Waals surface area contributed by atoms with Crippen LogP contribution in [0.15, 0.2) is 79.6 Å². The molecular formula is C31H35N7O3. The Morgan fingerprint density at radius 2 is 1.76 bits per heavy atom. The number of likely N-dealkylation sites (N-methyl/N-ethyl adjacent to an activating group) is 2. The van der Waals surface area contributed by atoms with Crippen LogP contribution in [0, 0.1) is 6.92 Å². The van der Waals surface area contributed by atoms with Crippen LogP contribution >= 0.6 is 0 Å². The highest BCUT2D eigenvalue weighted by molar-refractivity contribution is 6.02. The van der Waals surface area contributed by atoms with Gasteiger partial charge in [0.1, 0.15) is 11.5 Å². The van der Waals surface area contributed by atoms with Gasteiger partial charge in [0.15, 0.2) is 0 Å². The number of hydrogen-bond donors (Lipinski definition) is 2. The van der Waals surface area contributed by atoms with Crippen molar-refractivity contribution in [3.05, 3.63) is 85.2 Å². The van der Waals surface area contributed by atoms with Crippen LogP contribution in [0.1, 0.15) is 5.56 Å². The van der Waals surface area contributed by atoms with Crippen LogP contribution in [0.4, 0.5) is 23.0 Å². The molecule has 10 nitrogen and oxygen atoms in total. The number of aryl methyl sites for hydroxylation is 1. The summed E-state index contributed by atoms with van der Waals surface area (Å²) in [5, 5.41) is 6.16. The first-order valence-corrected chi connectivity index (χ1v) is 13.1. The Balaban J connectivity index is 1.67. The van der Waals surface area contributed by atoms with Gasteiger partial charge in [0, 0.05) is 50.2 Å². The smallest absolute Gasteiger partial charge is 0.247 e. The minimum atomic E-state index is -0.318. The van der Waals surface area contributed by atoms with E-state index in [1.165, 1.54) is 6.08 Å². The first kappa shape index (κ1) is 29.0. The van der Waals surface area contributed by atoms with Gasteiger partial charge in [-0.15, -0.1) is 0 Å². The molecule has 0 atom stereocenters. The zero-order valence-corrected chi connectivity index (χ0v) is 24.0. The summed E-state index contributed by atoms with van der Waals surface area (Å²) < 4.78 is 11.8. The highest BCUT2D eigenvalue weighted by Crippen LogP contribution is 2.38. The van der Waals surface area contributed by atoms with E-state index in [2.05, 4.69) is 37.0 Å². The van der Waals surface area contributed by atoms with Crippen molar-refractivity contribution in [3.8, 4) is 28.6 Å². The van der Waals surface area contributed by atoms with Crippen molar-refractivity contribution in [1.29, 1.82) is 0 Å². The predicted octanol–water partition coefficient (Wildman–Crippen LogP) is 5.51. The van der Waals surface area contributed by atoms with Gasteiger partial charge in [-0.05, 0) is 63.0 Å². The number of aromatic nitrogens is 3. The van der Waals surface area contributed by atoms with E-state index in [0.29, 0.717) is 40.4 Å². The second kappa shape index (κ2) is 13.4. The number of pyridine rings is 1. The molecule has 0 spiro atoms. The quantitative estimate of drug-likeness (QED) is 0.220. The van der Waals surface area contributed by atoms with Gasteiger partial charge in [-0.1, -0.05) is 18.7 Å². The van der Waals surface area contributed by atoms with Crippen molar-refractivity contribution >= 4 is 28.9 Å². The molecule has 0 fully saturated rings. The molecule has 0 aliphatic rings. The maximum absolute atomic E-state index is 12.3. The molecule has 0 aliphatic heterocycles. The maximum Gasteiger partial charge on any atom is 0.247 e. The van der Waals surface area contributed by atoms with Crippen molar-refractivity contribution in [1.82, 2.24) is 19.9 Å². The highest BCUT2D eigenvalue weighted by Gasteiger charge is 2.17. The fourth-order valence-electron chi connectivity index (χ4n) is 4.04. The molecule has 41 heavy (non-hydrogen) atoms. The SMILES string of the molecule is C=CC(=O)Nc1cc(Nc2nccc(-c3ccccc3Oc3cc(C)ccn3)n2)c(OC)cc1N(C)CCN(C)C. The zero-order chi connectivity index (χ0) is 29.4. The fourth-order valence-corrected chi connectivity index (χ4v) is 4.04. The van der Waals surface area contributed by atoms with Gasteiger partial charge >= 0.3 is 0 Å². The Bertz CT molecular complexity index is 1520. The van der Waals surface area contributed by atoms with Crippen molar-refractivity contribution < 1.29 is 14.3 Å². The minimum Gasteiger partial charge on any atom is -0.494 e. The van der Waals surface area contributed by atoms with E-state index in [4.69, 9.17) is 14.5 Å². The number of hydrogen-bond acceptors (Lipinski definition) is 9. The van der Waals surface area contributed by atoms with E-state index in [1.807, 2.05) is 76.6 Å². The number of carbonyl (C=O) groups excluding carboxylic acids is 1. The number of ether oxygens (including phenoxy) is 2. The van der Waals surface area contributed by atoms with Crippen molar-refractivity contribution in [2.45, 2.75) is 6.92 Å². The molecule has 0 unspecified atom stereocenters. The lowest BCUT2D eigenvalue weighted by molar-refractivity contribution is -0.111. The Hall–Kier alpha value is -4.96. The molecule has 0 aliphatic carbocycles. The summed E-state index contributed by atoms with van der Waals surface area (Å²) in [4.78, 5) is 29.9. The molecule has 0 saturated carbocycles. The summed E-state index contributed by atoms with van der Waals surface area (Å²) in [6.45, 7) is 7.14. The molecule has 2 aromatic heterocycles. The first-order chi connectivity index (χ1) is 19.8. The van der Waals surface area contributed by atoms with Crippen LogP contribution in [-0.4, -0.2) is 67.1 Å². The number of nitrogens with zero attached hydrogens (tertiary/aromatic N) is 5. The Labute approximate surface area is 240 Å². The predicted molar refractivity (Wildman–Crippen MR) is 163 cm³/mol. The van der Waals surface area contributed by atoms with Gasteiger partial charge in [-0.25, -0.2) is 15.0 Å². The van der Waals surface area contributed by atoms with Gasteiger partial charge in [0.25, 0.3) is 0 Å². The number of nitrogens with one attached hydrogen (secondary N) is 2. The minimum absolute atomic E-state index is 0.318. The Morgan fingerprint density at radius 3 is 2.49 bits per heavy atom. The number of rotatable bonds is 12. The van der Waals surface area contributed by atoms with E-state index in [9.17, 15) is 4.79 Å². The maximum atomic E-state index is 12.3. The molecule has 4 rings (SSSR count). The van der Waals surface area contributed by atoms with E-state index >= 15 is 0 Å². The topological polar surface area (TPSA) is 105 Å². The van der Waals surface area contributed by atoms with Crippen LogP contribution in [0.3, 0.4) is 0 Å². The molecule has 0 bridgehead atoms. The van der Waals surface area contributed by atoms with Crippen LogP contribution in [-0.2, 0) is 4.79 Å². The molecule has 4 aromatic rings. The molecule has 1 amide bonds. The molecule has 0 radical (unpaired) electrons. The fraction of sp³-hybridized carbons (Fsp3) is 0.226. The largest absolute Gasteiger partial charge is 0.494 e. The number of anilines is 4. The number of carbonyl (C=O) groups is 1. The number of amides is 1. The van der Waals surface area contributed by atoms with Crippen LogP contribution in [0.5, 0.6) is 17.4 Å². The Kier molecular flexibility index (Phi) is 9.49. The number of benzene rings is 2. The first-order valence-electron chi connectivity index (χ1n) is 13.1. The van der Waals surface area contributed by atoms with Crippen LogP contribution in [0.2, 0.25) is 0 Å². The lowest BCUT2D eigenvalue weighted by Crippen LogP contribution is -2.29. The highest BCUT2D eigenvalue weighted by atomic mass is 16.5. The second-order valence-corrected chi connectivity index (χ2v) is 9.65. The van der Waals surface area contributed by atoms with Crippen LogP contribution in [0.25, 0.3) is 11.3 Å². The lowest BCUT2D eigenvalue weighted by Gasteiger charge is -2.26. The van der Waals surface area contributed by atoms with Gasteiger partial charge < -0.3 is 29.9 Å². The third kappa shape index (κ3) is 7.58. The molecule has 212 valence electrons. The number of para-hydroxylation sites is 1. The average molecular weight is 554 g/mol. The normalized spacial score (nSPS) is 10.7. The summed E-state index contributed by atoms with van der Waals surface area (Å²) in [7, 11) is 7.59. The lowest BCUT2D eigenvalue weighted by atomic mass is 10.1. The van der Waals surface area contributed by atoms with Crippen molar-refractivity contribution in [2.24, 2.45) is 0 Å². The second-order valence-electron chi connectivity index (χ2n) is 9.65. The molecular weight excluding hydrogens is 518 g/mol. The van der Waals surface area contributed by atoms with Gasteiger partial charge in [0.05, 0.1) is 29.9 Å². The van der Waals surface area contributed by atoms with Gasteiger partial charge in [-0.2, -0.15) is 0 Å². The Morgan fingerprint density at radius 1 is 0.976 bits per heavy atom. The molecule has 10 heteroatoms. The number of methoxy groups -OCH3 is 1. The van der Waals surface area contributed by atoms with E-state index < -0.39 is 0 Å². The van der Waals surface area contributed by atoms with Crippen LogP contribution < -0.4 is 25.0 Å². The molecule has 2 aromatic carbocycles. The monoisotopic (exact) mass is 553 g/mol. The van der Waals surface area contributed by atoms with Crippen molar-refractivity contribution in [2.75, 3.05) is 56.9 Å². The molecule has 0 saturated heterocycles. The van der Waals surface area contributed by atoms with E-state index in [0.717, 1.165) is 29.9 Å². The summed E-state index contributed by atoms with van der Waals surface area (Å²) >= 11 is 0. The summed E-state index contributed by atoms with van der Waals surface area (Å²) in [5.74, 6) is 1.71. The molecule has 2 N–H and O–H groups in total. The summed E-state index contributed by atoms with van der Waals surface area (Å²) in [6.07, 6.45) is 4.62. The summed E-state index contributed by atoms with van der Waals surface area (Å²) in [6, 6.07) is 16.9. The standard InChI is InChI=1S/C31H35N7O3/c1-7-29(39)34-24-19-25(28(40-6)20-26(24)38(5)17-16-37(3)4)36-31-33-15-13-23(35-31)22-10-8-9-11-27(22)41-30-18-21(2)12-14-32-30/h7-15,18-20H,1,16-17H2,2-6H3,(H,34,39)(H,33,35,36).